The fourth-order valence-corrected chi connectivity index (χ4v) is 6.58. The van der Waals surface area contributed by atoms with Crippen molar-refractivity contribution in [1.82, 2.24) is 9.97 Å². The molecule has 2 atom stereocenters. The number of aromatic nitrogens is 2. The third kappa shape index (κ3) is 3.80. The van der Waals surface area contributed by atoms with Crippen molar-refractivity contribution in [3.63, 3.8) is 0 Å². The molecule has 34 heavy (non-hydrogen) atoms. The number of amidine groups is 1. The highest BCUT2D eigenvalue weighted by atomic mass is 32.2. The maximum Gasteiger partial charge on any atom is 0.233 e. The molecule has 178 valence electrons. The van der Waals surface area contributed by atoms with Gasteiger partial charge in [0.15, 0.2) is 22.2 Å². The highest BCUT2D eigenvalue weighted by Gasteiger charge is 2.57. The number of fused-ring (bicyclic) bond motifs is 3. The minimum atomic E-state index is -3.67. The van der Waals surface area contributed by atoms with Crippen molar-refractivity contribution in [3.05, 3.63) is 47.4 Å². The Morgan fingerprint density at radius 1 is 1.29 bits per heavy atom. The van der Waals surface area contributed by atoms with Gasteiger partial charge in [0, 0.05) is 18.4 Å². The molecule has 1 aromatic heterocycles. The van der Waals surface area contributed by atoms with Crippen LogP contribution in [0.5, 0.6) is 11.6 Å². The number of carbonyl (C=O) groups is 1. The topological polar surface area (TPSA) is 134 Å². The molecule has 3 heterocycles. The predicted molar refractivity (Wildman–Crippen MR) is 127 cm³/mol. The number of Topliss-reactive ketones (excluding diaryl/α,β-unsaturated/α-hetero) is 1. The lowest BCUT2D eigenvalue weighted by molar-refractivity contribution is 0.0987. The number of rotatable bonds is 5. The largest absolute Gasteiger partial charge is 0.493 e. The number of ether oxygens (including phenoxy) is 2. The lowest BCUT2D eigenvalue weighted by Gasteiger charge is -2.43. The second-order valence-electron chi connectivity index (χ2n) is 8.99. The van der Waals surface area contributed by atoms with E-state index < -0.39 is 25.4 Å². The van der Waals surface area contributed by atoms with E-state index in [0.29, 0.717) is 16.9 Å². The highest BCUT2D eigenvalue weighted by Crippen LogP contribution is 2.48. The van der Waals surface area contributed by atoms with Crippen molar-refractivity contribution >= 4 is 21.5 Å². The first kappa shape index (κ1) is 23.7. The monoisotopic (exact) mass is 482 g/mol. The van der Waals surface area contributed by atoms with E-state index in [4.69, 9.17) is 26.6 Å². The molecule has 0 amide bonds. The summed E-state index contributed by atoms with van der Waals surface area (Å²) >= 11 is 0. The molecule has 9 nitrogen and oxygen atoms in total. The van der Waals surface area contributed by atoms with Gasteiger partial charge in [-0.25, -0.2) is 18.4 Å². The van der Waals surface area contributed by atoms with Gasteiger partial charge in [0.2, 0.25) is 5.88 Å². The van der Waals surface area contributed by atoms with Crippen LogP contribution in [0, 0.1) is 12.3 Å². The zero-order valence-electron chi connectivity index (χ0n) is 19.2. The van der Waals surface area contributed by atoms with E-state index in [-0.39, 0.29) is 49.2 Å². The van der Waals surface area contributed by atoms with Crippen LogP contribution in [0.1, 0.15) is 48.8 Å². The summed E-state index contributed by atoms with van der Waals surface area (Å²) in [5.41, 5.74) is 6.46. The van der Waals surface area contributed by atoms with Crippen LogP contribution in [0.15, 0.2) is 35.6 Å². The summed E-state index contributed by atoms with van der Waals surface area (Å²) in [6.07, 6.45) is 8.14. The van der Waals surface area contributed by atoms with E-state index in [1.165, 1.54) is 12.4 Å². The Morgan fingerprint density at radius 2 is 2.06 bits per heavy atom. The van der Waals surface area contributed by atoms with E-state index in [2.05, 4.69) is 15.9 Å². The van der Waals surface area contributed by atoms with E-state index in [9.17, 15) is 13.2 Å². The minimum Gasteiger partial charge on any atom is -0.493 e. The highest BCUT2D eigenvalue weighted by molar-refractivity contribution is 7.94. The lowest BCUT2D eigenvalue weighted by atomic mass is 9.85. The average Bonchev–Trinajstić information content (AvgIpc) is 2.94. The Bertz CT molecular complexity index is 1310. The third-order valence-electron chi connectivity index (χ3n) is 6.49. The zero-order chi connectivity index (χ0) is 24.7. The van der Waals surface area contributed by atoms with Crippen LogP contribution in [-0.2, 0) is 21.8 Å². The maximum atomic E-state index is 13.5. The number of terminal acetylenes is 1. The minimum absolute atomic E-state index is 0.0324. The Hall–Kier alpha value is -3.45. The number of sulfone groups is 1. The zero-order valence-corrected chi connectivity index (χ0v) is 20.1. The van der Waals surface area contributed by atoms with Gasteiger partial charge >= 0.3 is 0 Å². The standard InChI is InChI=1S/C24H26N4O5S/c1-5-9-33-21-14-26-17(13-27-21)18(29)12-15-6-7-19-16(11-15)24(4)20(8-10-32-19)34(30,31)23(2,3)22(25)28-24/h1,6-7,11,13-14,20H,8-10,12H2,2-4H3,(H2,25,28)/t20-,24-/m1/s1. The van der Waals surface area contributed by atoms with E-state index in [1.807, 2.05) is 0 Å². The maximum absolute atomic E-state index is 13.5. The summed E-state index contributed by atoms with van der Waals surface area (Å²) in [6, 6.07) is 5.28. The quantitative estimate of drug-likeness (QED) is 0.504. The number of hydrogen-bond acceptors (Lipinski definition) is 9. The van der Waals surface area contributed by atoms with Crippen molar-refractivity contribution < 1.29 is 22.7 Å². The molecule has 0 bridgehead atoms. The van der Waals surface area contributed by atoms with Crippen molar-refractivity contribution in [3.8, 4) is 24.0 Å². The summed E-state index contributed by atoms with van der Waals surface area (Å²) in [5, 5.41) is -0.809. The van der Waals surface area contributed by atoms with Gasteiger partial charge in [-0.2, -0.15) is 0 Å². The smallest absolute Gasteiger partial charge is 0.233 e. The summed E-state index contributed by atoms with van der Waals surface area (Å²) < 4.78 is 36.7. The number of ketones is 1. The molecule has 2 aromatic rings. The Balaban J connectivity index is 1.68. The van der Waals surface area contributed by atoms with Crippen molar-refractivity contribution in [2.24, 2.45) is 10.7 Å². The van der Waals surface area contributed by atoms with Crippen LogP contribution in [0.25, 0.3) is 0 Å². The Labute approximate surface area is 198 Å². The van der Waals surface area contributed by atoms with E-state index in [0.717, 1.165) is 0 Å². The van der Waals surface area contributed by atoms with Crippen LogP contribution in [0.2, 0.25) is 0 Å². The molecule has 0 saturated carbocycles. The molecule has 0 fully saturated rings. The molecule has 2 aliphatic rings. The van der Waals surface area contributed by atoms with Gasteiger partial charge < -0.3 is 15.2 Å². The molecule has 2 aliphatic heterocycles. The number of carbonyl (C=O) groups excluding carboxylic acids is 1. The van der Waals surface area contributed by atoms with Gasteiger partial charge in [-0.05, 0) is 38.5 Å². The molecule has 0 spiro atoms. The van der Waals surface area contributed by atoms with Crippen LogP contribution < -0.4 is 15.2 Å². The van der Waals surface area contributed by atoms with E-state index >= 15 is 0 Å². The molecular formula is C24H26N4O5S. The van der Waals surface area contributed by atoms with Gasteiger partial charge in [0.25, 0.3) is 0 Å². The first-order chi connectivity index (χ1) is 16.0. The molecule has 4 rings (SSSR count). The normalized spacial score (nSPS) is 24.3. The predicted octanol–water partition coefficient (Wildman–Crippen LogP) is 1.84. The third-order valence-corrected chi connectivity index (χ3v) is 9.57. The van der Waals surface area contributed by atoms with Gasteiger partial charge in [0.05, 0.1) is 24.3 Å². The van der Waals surface area contributed by atoms with Gasteiger partial charge in [0.1, 0.15) is 27.6 Å². The number of benzene rings is 1. The Kier molecular flexibility index (Phi) is 5.85. The summed E-state index contributed by atoms with van der Waals surface area (Å²) in [6.45, 7) is 5.20. The molecule has 2 N–H and O–H groups in total. The molecule has 0 aliphatic carbocycles. The molecule has 0 unspecified atom stereocenters. The first-order valence-corrected chi connectivity index (χ1v) is 12.3. The second kappa shape index (κ2) is 8.40. The molecule has 0 radical (unpaired) electrons. The van der Waals surface area contributed by atoms with Crippen LogP contribution >= 0.6 is 0 Å². The molecular weight excluding hydrogens is 456 g/mol. The van der Waals surface area contributed by atoms with Crippen molar-refractivity contribution in [1.29, 1.82) is 0 Å². The number of aliphatic imine (C=N–C) groups is 1. The Morgan fingerprint density at radius 3 is 2.74 bits per heavy atom. The summed E-state index contributed by atoms with van der Waals surface area (Å²) in [7, 11) is -3.67. The van der Waals surface area contributed by atoms with Crippen LogP contribution in [0.3, 0.4) is 0 Å². The lowest BCUT2D eigenvalue weighted by Crippen LogP contribution is -2.59. The molecule has 0 saturated heterocycles. The molecule has 10 heteroatoms. The summed E-state index contributed by atoms with van der Waals surface area (Å²) in [4.78, 5) is 25.7. The summed E-state index contributed by atoms with van der Waals surface area (Å²) in [5.74, 6) is 2.89. The van der Waals surface area contributed by atoms with E-state index in [1.54, 1.807) is 39.0 Å². The number of nitrogens with zero attached hydrogens (tertiary/aromatic N) is 3. The van der Waals surface area contributed by atoms with Gasteiger partial charge in [-0.15, -0.1) is 6.42 Å². The van der Waals surface area contributed by atoms with Gasteiger partial charge in [-0.3, -0.25) is 9.79 Å². The number of nitrogens with two attached hydrogens (primary N) is 1. The molecule has 1 aromatic carbocycles. The SMILES string of the molecule is C#CCOc1cnc(C(=O)Cc2ccc3c(c2)[C@@]2(C)N=C(N)C(C)(C)S(=O)(=O)[C@@H]2CCO3)cn1. The fourth-order valence-electron chi connectivity index (χ4n) is 4.34. The fraction of sp³-hybridized carbons (Fsp3) is 0.417. The van der Waals surface area contributed by atoms with Crippen molar-refractivity contribution in [2.45, 2.75) is 49.1 Å². The van der Waals surface area contributed by atoms with Crippen LogP contribution in [-0.4, -0.2) is 53.2 Å². The second-order valence-corrected chi connectivity index (χ2v) is 11.7. The average molecular weight is 483 g/mol. The van der Waals surface area contributed by atoms with Gasteiger partial charge in [-0.1, -0.05) is 12.0 Å². The van der Waals surface area contributed by atoms with Crippen LogP contribution in [0.4, 0.5) is 0 Å². The number of hydrogen-bond donors (Lipinski definition) is 1. The van der Waals surface area contributed by atoms with Crippen molar-refractivity contribution in [2.75, 3.05) is 13.2 Å². The first-order valence-electron chi connectivity index (χ1n) is 10.8.